The quantitative estimate of drug-likeness (QED) is 0.568. The second kappa shape index (κ2) is 6.93. The number of amides is 1. The number of ketones is 2. The van der Waals surface area contributed by atoms with Gasteiger partial charge < -0.3 is 24.3 Å². The van der Waals surface area contributed by atoms with Crippen LogP contribution in [0.3, 0.4) is 0 Å². The Morgan fingerprint density at radius 3 is 2.50 bits per heavy atom. The zero-order valence-electron chi connectivity index (χ0n) is 16.7. The van der Waals surface area contributed by atoms with Gasteiger partial charge in [-0.05, 0) is 19.1 Å². The molecule has 30 heavy (non-hydrogen) atoms. The molecule has 1 amide bonds. The maximum Gasteiger partial charge on any atom is 0.279 e. The van der Waals surface area contributed by atoms with Crippen molar-refractivity contribution in [2.24, 2.45) is 0 Å². The van der Waals surface area contributed by atoms with Gasteiger partial charge >= 0.3 is 0 Å². The van der Waals surface area contributed by atoms with Gasteiger partial charge in [-0.3, -0.25) is 14.4 Å². The smallest absolute Gasteiger partial charge is 0.279 e. The molecule has 4 rings (SSSR count). The molecule has 2 aromatic rings. The lowest BCUT2D eigenvalue weighted by atomic mass is 9.85. The third-order valence-electron chi connectivity index (χ3n) is 5.62. The molecule has 1 unspecified atom stereocenters. The van der Waals surface area contributed by atoms with E-state index in [2.05, 4.69) is 5.32 Å². The fourth-order valence-corrected chi connectivity index (χ4v) is 3.90. The van der Waals surface area contributed by atoms with Gasteiger partial charge in [0.15, 0.2) is 17.6 Å². The maximum absolute atomic E-state index is 13.2. The van der Waals surface area contributed by atoms with Crippen molar-refractivity contribution in [3.8, 4) is 0 Å². The number of carbonyl (C=O) groups is 3. The first kappa shape index (κ1) is 20.1. The number of nitrogens with one attached hydrogen (secondary N) is 1. The van der Waals surface area contributed by atoms with E-state index in [1.807, 2.05) is 6.92 Å². The van der Waals surface area contributed by atoms with E-state index >= 15 is 0 Å². The van der Waals surface area contributed by atoms with Gasteiger partial charge in [-0.15, -0.1) is 0 Å². The van der Waals surface area contributed by atoms with Gasteiger partial charge in [0.2, 0.25) is 17.3 Å². The topological polar surface area (TPSA) is 115 Å². The van der Waals surface area contributed by atoms with E-state index in [1.165, 1.54) is 26.2 Å². The Hall–Kier alpha value is -3.23. The molecule has 1 aromatic carbocycles. The fraction of sp³-hybridized carbons (Fsp3) is 0.318. The van der Waals surface area contributed by atoms with Crippen LogP contribution in [0.1, 0.15) is 35.7 Å². The Morgan fingerprint density at radius 1 is 1.20 bits per heavy atom. The first-order chi connectivity index (χ1) is 14.3. The van der Waals surface area contributed by atoms with Crippen LogP contribution in [0.5, 0.6) is 0 Å². The minimum Gasteiger partial charge on any atom is -0.462 e. The number of carbonyl (C=O) groups excluding carboxylic acids is 3. The Balaban J connectivity index is 1.76. The lowest BCUT2D eigenvalue weighted by Gasteiger charge is -2.32. The Labute approximate surface area is 172 Å². The number of hydrogen-bond acceptors (Lipinski definition) is 7. The highest BCUT2D eigenvalue weighted by atomic mass is 16.6. The van der Waals surface area contributed by atoms with E-state index in [0.717, 1.165) is 0 Å². The van der Waals surface area contributed by atoms with Crippen molar-refractivity contribution in [3.05, 3.63) is 65.1 Å². The Morgan fingerprint density at radius 2 is 1.90 bits per heavy atom. The molecule has 0 radical (unpaired) electrons. The summed E-state index contributed by atoms with van der Waals surface area (Å²) in [4.78, 5) is 39.3. The molecule has 2 aliphatic rings. The van der Waals surface area contributed by atoms with Gasteiger partial charge in [0, 0.05) is 24.7 Å². The van der Waals surface area contributed by atoms with E-state index in [1.54, 1.807) is 30.3 Å². The van der Waals surface area contributed by atoms with E-state index in [9.17, 15) is 19.5 Å². The number of Topliss-reactive ketones (excluding diaryl/α,β-unsaturated/α-hetero) is 2. The summed E-state index contributed by atoms with van der Waals surface area (Å²) in [6.45, 7) is 3.38. The molecular weight excluding hydrogens is 390 g/mol. The third kappa shape index (κ3) is 2.50. The number of methoxy groups -OCH3 is 1. The first-order valence-electron chi connectivity index (χ1n) is 9.51. The minimum absolute atomic E-state index is 0.0490. The molecular formula is C22H21NO7. The van der Waals surface area contributed by atoms with Crippen LogP contribution in [0.15, 0.2) is 52.5 Å². The minimum atomic E-state index is -2.35. The van der Waals surface area contributed by atoms with Crippen molar-refractivity contribution in [1.82, 2.24) is 5.32 Å². The van der Waals surface area contributed by atoms with E-state index in [4.69, 9.17) is 13.9 Å². The molecule has 3 heterocycles. The monoisotopic (exact) mass is 411 g/mol. The average molecular weight is 411 g/mol. The zero-order chi connectivity index (χ0) is 21.7. The standard InChI is InChI=1S/C22H21NO7/c1-4-14-10-11-15(29-14)16-12(2)17(24)21(30-16)19(26)22(28-3,23-20(21)27)18(25)13-8-6-5-7-9-13/h5-11,19,26H,4H2,1-3H3,(H,23,27)/t19-,21?,22+/m1/s1. The summed E-state index contributed by atoms with van der Waals surface area (Å²) in [5, 5.41) is 13.5. The summed E-state index contributed by atoms with van der Waals surface area (Å²) in [5.41, 5.74) is -4.22. The number of aliphatic hydroxyl groups excluding tert-OH is 1. The summed E-state index contributed by atoms with van der Waals surface area (Å²) >= 11 is 0. The number of hydrogen-bond donors (Lipinski definition) is 2. The fourth-order valence-electron chi connectivity index (χ4n) is 3.90. The number of benzene rings is 1. The molecule has 0 saturated carbocycles. The molecule has 3 atom stereocenters. The predicted octanol–water partition coefficient (Wildman–Crippen LogP) is 1.63. The van der Waals surface area contributed by atoms with Crippen LogP contribution in [0.2, 0.25) is 0 Å². The molecule has 1 spiro atoms. The van der Waals surface area contributed by atoms with E-state index < -0.39 is 34.9 Å². The number of rotatable bonds is 5. The van der Waals surface area contributed by atoms with E-state index in [-0.39, 0.29) is 22.7 Å². The molecule has 1 fully saturated rings. The lowest BCUT2D eigenvalue weighted by Crippen LogP contribution is -2.60. The molecule has 8 heteroatoms. The van der Waals surface area contributed by atoms with Crippen LogP contribution in [0.25, 0.3) is 5.76 Å². The van der Waals surface area contributed by atoms with Crippen LogP contribution >= 0.6 is 0 Å². The van der Waals surface area contributed by atoms with Crippen LogP contribution in [0.4, 0.5) is 0 Å². The van der Waals surface area contributed by atoms with Crippen molar-refractivity contribution in [2.75, 3.05) is 7.11 Å². The number of furan rings is 1. The van der Waals surface area contributed by atoms with Gasteiger partial charge in [0.1, 0.15) is 5.76 Å². The molecule has 8 nitrogen and oxygen atoms in total. The van der Waals surface area contributed by atoms with Crippen molar-refractivity contribution in [1.29, 1.82) is 0 Å². The third-order valence-corrected chi connectivity index (χ3v) is 5.62. The highest BCUT2D eigenvalue weighted by molar-refractivity contribution is 6.25. The molecule has 156 valence electrons. The van der Waals surface area contributed by atoms with Gasteiger partial charge in [0.25, 0.3) is 11.5 Å². The van der Waals surface area contributed by atoms with Gasteiger partial charge in [-0.2, -0.15) is 0 Å². The summed E-state index contributed by atoms with van der Waals surface area (Å²) in [5.74, 6) is -1.42. The van der Waals surface area contributed by atoms with Gasteiger partial charge in [-0.1, -0.05) is 37.3 Å². The van der Waals surface area contributed by atoms with E-state index in [0.29, 0.717) is 12.2 Å². The number of aryl methyl sites for hydroxylation is 1. The van der Waals surface area contributed by atoms with Gasteiger partial charge in [0.05, 0.1) is 0 Å². The van der Waals surface area contributed by atoms with Crippen LogP contribution in [-0.4, -0.2) is 47.1 Å². The molecule has 0 aliphatic carbocycles. The Kier molecular flexibility index (Phi) is 4.63. The zero-order valence-corrected chi connectivity index (χ0v) is 16.7. The molecule has 1 saturated heterocycles. The van der Waals surface area contributed by atoms with Crippen LogP contribution < -0.4 is 5.32 Å². The Bertz CT molecular complexity index is 1070. The second-order valence-electron chi connectivity index (χ2n) is 7.23. The maximum atomic E-state index is 13.2. The summed E-state index contributed by atoms with van der Waals surface area (Å²) in [6, 6.07) is 11.4. The van der Waals surface area contributed by atoms with Crippen molar-refractivity contribution < 1.29 is 33.4 Å². The number of aliphatic hydroxyl groups is 1. The average Bonchev–Trinajstić information content (AvgIpc) is 3.41. The second-order valence-corrected chi connectivity index (χ2v) is 7.23. The normalized spacial score (nSPS) is 28.2. The van der Waals surface area contributed by atoms with Crippen molar-refractivity contribution >= 4 is 23.2 Å². The lowest BCUT2D eigenvalue weighted by molar-refractivity contribution is -0.156. The molecule has 1 aromatic heterocycles. The molecule has 2 N–H and O–H groups in total. The number of ether oxygens (including phenoxy) is 2. The van der Waals surface area contributed by atoms with Crippen molar-refractivity contribution in [2.45, 2.75) is 37.7 Å². The SMILES string of the molecule is CCc1ccc(C2=C(C)C(=O)C3(O2)C(=O)N[C@](OC)(C(=O)c2ccccc2)[C@@H]3O)o1. The summed E-state index contributed by atoms with van der Waals surface area (Å²) in [7, 11) is 1.17. The summed E-state index contributed by atoms with van der Waals surface area (Å²) < 4.78 is 16.8. The highest BCUT2D eigenvalue weighted by Crippen LogP contribution is 2.45. The molecule has 2 aliphatic heterocycles. The van der Waals surface area contributed by atoms with Gasteiger partial charge in [-0.25, -0.2) is 0 Å². The largest absolute Gasteiger partial charge is 0.462 e. The highest BCUT2D eigenvalue weighted by Gasteiger charge is 2.74. The van der Waals surface area contributed by atoms with Crippen molar-refractivity contribution in [3.63, 3.8) is 0 Å². The predicted molar refractivity (Wildman–Crippen MR) is 104 cm³/mol. The first-order valence-corrected chi connectivity index (χ1v) is 9.51. The molecule has 0 bridgehead atoms. The summed E-state index contributed by atoms with van der Waals surface area (Å²) in [6.07, 6.45) is -1.30. The van der Waals surface area contributed by atoms with Crippen LogP contribution in [0, 0.1) is 0 Å². The van der Waals surface area contributed by atoms with Crippen LogP contribution in [-0.2, 0) is 25.5 Å².